The lowest BCUT2D eigenvalue weighted by Gasteiger charge is -2.12. The first kappa shape index (κ1) is 14.4. The van der Waals surface area contributed by atoms with Gasteiger partial charge in [0.25, 0.3) is 5.91 Å². The average molecular weight is 318 g/mol. The molecular weight excluding hydrogens is 305 g/mol. The molecule has 2 heterocycles. The third kappa shape index (κ3) is 2.94. The molecule has 0 aromatic carbocycles. The van der Waals surface area contributed by atoms with Gasteiger partial charge in [-0.3, -0.25) is 9.48 Å². The van der Waals surface area contributed by atoms with Crippen molar-refractivity contribution in [2.24, 2.45) is 7.05 Å². The Balaban J connectivity index is 2.17. The lowest BCUT2D eigenvalue weighted by atomic mass is 10.2. The van der Waals surface area contributed by atoms with Crippen molar-refractivity contribution in [2.45, 2.75) is 19.9 Å². The molecule has 2 aromatic heterocycles. The zero-order valence-electron chi connectivity index (χ0n) is 10.7. The fraction of sp³-hybridized carbons (Fsp3) is 0.333. The molecule has 102 valence electrons. The highest BCUT2D eigenvalue weighted by Gasteiger charge is 2.21. The van der Waals surface area contributed by atoms with E-state index in [1.165, 1.54) is 16.0 Å². The van der Waals surface area contributed by atoms with E-state index in [1.54, 1.807) is 14.0 Å². The van der Waals surface area contributed by atoms with Crippen molar-refractivity contribution in [3.8, 4) is 0 Å². The van der Waals surface area contributed by atoms with Crippen LogP contribution in [0.3, 0.4) is 0 Å². The maximum absolute atomic E-state index is 12.2. The van der Waals surface area contributed by atoms with E-state index in [4.69, 9.17) is 23.2 Å². The third-order valence-corrected chi connectivity index (χ3v) is 4.60. The fourth-order valence-electron chi connectivity index (χ4n) is 1.79. The van der Waals surface area contributed by atoms with Gasteiger partial charge in [0.2, 0.25) is 0 Å². The van der Waals surface area contributed by atoms with Crippen LogP contribution in [0.2, 0.25) is 9.49 Å². The molecule has 0 aliphatic carbocycles. The van der Waals surface area contributed by atoms with Crippen molar-refractivity contribution < 1.29 is 4.79 Å². The molecule has 2 rings (SSSR count). The second-order valence-corrected chi connectivity index (χ2v) is 6.32. The van der Waals surface area contributed by atoms with E-state index >= 15 is 0 Å². The van der Waals surface area contributed by atoms with Crippen molar-refractivity contribution in [1.29, 1.82) is 0 Å². The van der Waals surface area contributed by atoms with E-state index in [0.717, 1.165) is 4.88 Å². The summed E-state index contributed by atoms with van der Waals surface area (Å²) in [5.41, 5.74) is 1.03. The van der Waals surface area contributed by atoms with Crippen molar-refractivity contribution in [2.75, 3.05) is 0 Å². The quantitative estimate of drug-likeness (QED) is 0.940. The predicted octanol–water partition coefficient (Wildman–Crippen LogP) is 3.59. The zero-order valence-corrected chi connectivity index (χ0v) is 13.0. The van der Waals surface area contributed by atoms with Crippen LogP contribution in [0.25, 0.3) is 0 Å². The van der Waals surface area contributed by atoms with E-state index in [0.29, 0.717) is 20.7 Å². The van der Waals surface area contributed by atoms with Crippen molar-refractivity contribution in [3.63, 3.8) is 0 Å². The second-order valence-electron chi connectivity index (χ2n) is 4.21. The van der Waals surface area contributed by atoms with Gasteiger partial charge in [0.15, 0.2) is 0 Å². The minimum absolute atomic E-state index is 0.124. The standard InChI is InChI=1S/C12H13Cl2N3OS/c1-6(8-4-5-9(13)19-8)15-12(18)10-7(2)16-17(3)11(10)14/h4-6H,1-3H3,(H,15,18). The highest BCUT2D eigenvalue weighted by Crippen LogP contribution is 2.27. The van der Waals surface area contributed by atoms with Gasteiger partial charge in [0.1, 0.15) is 5.15 Å². The average Bonchev–Trinajstić information content (AvgIpc) is 2.84. The van der Waals surface area contributed by atoms with E-state index in [1.807, 2.05) is 19.1 Å². The number of carbonyl (C=O) groups is 1. The topological polar surface area (TPSA) is 46.9 Å². The Morgan fingerprint density at radius 3 is 2.63 bits per heavy atom. The molecule has 0 radical (unpaired) electrons. The summed E-state index contributed by atoms with van der Waals surface area (Å²) in [7, 11) is 1.70. The molecule has 0 fully saturated rings. The lowest BCUT2D eigenvalue weighted by molar-refractivity contribution is 0.0940. The van der Waals surface area contributed by atoms with Crippen LogP contribution in [-0.4, -0.2) is 15.7 Å². The number of hydrogen-bond donors (Lipinski definition) is 1. The highest BCUT2D eigenvalue weighted by molar-refractivity contribution is 7.16. The summed E-state index contributed by atoms with van der Waals surface area (Å²) < 4.78 is 2.19. The Morgan fingerprint density at radius 1 is 1.47 bits per heavy atom. The Hall–Kier alpha value is -1.04. The molecule has 1 N–H and O–H groups in total. The Morgan fingerprint density at radius 2 is 2.16 bits per heavy atom. The van der Waals surface area contributed by atoms with Gasteiger partial charge in [-0.2, -0.15) is 5.10 Å². The highest BCUT2D eigenvalue weighted by atomic mass is 35.5. The molecule has 0 aliphatic rings. The third-order valence-electron chi connectivity index (χ3n) is 2.75. The van der Waals surface area contributed by atoms with Crippen LogP contribution in [0.1, 0.15) is 33.9 Å². The molecule has 7 heteroatoms. The van der Waals surface area contributed by atoms with Crippen LogP contribution in [0.5, 0.6) is 0 Å². The molecular formula is C12H13Cl2N3OS. The largest absolute Gasteiger partial charge is 0.345 e. The maximum Gasteiger partial charge on any atom is 0.256 e. The van der Waals surface area contributed by atoms with Gasteiger partial charge >= 0.3 is 0 Å². The van der Waals surface area contributed by atoms with E-state index in [9.17, 15) is 4.79 Å². The number of aryl methyl sites for hydroxylation is 2. The van der Waals surface area contributed by atoms with Gasteiger partial charge in [0, 0.05) is 11.9 Å². The number of nitrogens with zero attached hydrogens (tertiary/aromatic N) is 2. The summed E-state index contributed by atoms with van der Waals surface area (Å²) in [4.78, 5) is 13.2. The van der Waals surface area contributed by atoms with Gasteiger partial charge < -0.3 is 5.32 Å². The molecule has 0 saturated heterocycles. The van der Waals surface area contributed by atoms with E-state index in [-0.39, 0.29) is 11.9 Å². The smallest absolute Gasteiger partial charge is 0.256 e. The number of rotatable bonds is 3. The number of aromatic nitrogens is 2. The molecule has 0 spiro atoms. The number of carbonyl (C=O) groups excluding carboxylic acids is 1. The minimum atomic E-state index is -0.229. The first-order valence-corrected chi connectivity index (χ1v) is 7.22. The summed E-state index contributed by atoms with van der Waals surface area (Å²) >= 11 is 13.4. The number of hydrogen-bond acceptors (Lipinski definition) is 3. The second kappa shape index (κ2) is 5.53. The first-order chi connectivity index (χ1) is 8.90. The molecule has 4 nitrogen and oxygen atoms in total. The Bertz CT molecular complexity index is 621. The minimum Gasteiger partial charge on any atom is -0.345 e. The molecule has 1 unspecified atom stereocenters. The maximum atomic E-state index is 12.2. The fourth-order valence-corrected chi connectivity index (χ4v) is 3.11. The predicted molar refractivity (Wildman–Crippen MR) is 78.2 cm³/mol. The van der Waals surface area contributed by atoms with Gasteiger partial charge in [0.05, 0.1) is 21.6 Å². The summed E-state index contributed by atoms with van der Waals surface area (Å²) in [5, 5.41) is 7.36. The molecule has 0 aliphatic heterocycles. The SMILES string of the molecule is Cc1nn(C)c(Cl)c1C(=O)NC(C)c1ccc(Cl)s1. The molecule has 1 atom stereocenters. The van der Waals surface area contributed by atoms with Crippen LogP contribution in [0.15, 0.2) is 12.1 Å². The summed E-state index contributed by atoms with van der Waals surface area (Å²) in [6.45, 7) is 3.66. The van der Waals surface area contributed by atoms with Crippen LogP contribution in [-0.2, 0) is 7.05 Å². The van der Waals surface area contributed by atoms with E-state index in [2.05, 4.69) is 10.4 Å². The van der Waals surface area contributed by atoms with Gasteiger partial charge in [-0.1, -0.05) is 23.2 Å². The normalized spacial score (nSPS) is 12.5. The van der Waals surface area contributed by atoms with Crippen LogP contribution < -0.4 is 5.32 Å². The number of halogens is 2. The summed E-state index contributed by atoms with van der Waals surface area (Å²) in [6, 6.07) is 3.59. The first-order valence-electron chi connectivity index (χ1n) is 5.65. The molecule has 0 bridgehead atoms. The number of nitrogens with one attached hydrogen (secondary N) is 1. The van der Waals surface area contributed by atoms with Crippen LogP contribution in [0.4, 0.5) is 0 Å². The Labute approximate surface area is 125 Å². The van der Waals surface area contributed by atoms with Gasteiger partial charge in [-0.25, -0.2) is 0 Å². The van der Waals surface area contributed by atoms with E-state index < -0.39 is 0 Å². The van der Waals surface area contributed by atoms with Crippen molar-refractivity contribution in [3.05, 3.63) is 37.8 Å². The summed E-state index contributed by atoms with van der Waals surface area (Å²) in [6.07, 6.45) is 0. The van der Waals surface area contributed by atoms with Crippen molar-refractivity contribution >= 4 is 40.4 Å². The summed E-state index contributed by atoms with van der Waals surface area (Å²) in [5.74, 6) is -0.229. The number of amides is 1. The molecule has 1 amide bonds. The van der Waals surface area contributed by atoms with Crippen LogP contribution >= 0.6 is 34.5 Å². The Kier molecular flexibility index (Phi) is 4.18. The van der Waals surface area contributed by atoms with Crippen LogP contribution in [0, 0.1) is 6.92 Å². The monoisotopic (exact) mass is 317 g/mol. The van der Waals surface area contributed by atoms with Crippen molar-refractivity contribution in [1.82, 2.24) is 15.1 Å². The lowest BCUT2D eigenvalue weighted by Crippen LogP contribution is -2.26. The molecule has 0 saturated carbocycles. The van der Waals surface area contributed by atoms with Gasteiger partial charge in [-0.15, -0.1) is 11.3 Å². The van der Waals surface area contributed by atoms with Gasteiger partial charge in [-0.05, 0) is 26.0 Å². The zero-order chi connectivity index (χ0) is 14.2. The molecule has 19 heavy (non-hydrogen) atoms. The number of thiophene rings is 1. The molecule has 2 aromatic rings.